The normalized spacial score (nSPS) is 11.6. The number of aromatic amines is 1. The Balaban J connectivity index is 1.29. The van der Waals surface area contributed by atoms with Crippen LogP contribution in [0, 0.1) is 0 Å². The number of amides is 1. The van der Waals surface area contributed by atoms with Gasteiger partial charge >= 0.3 is 0 Å². The summed E-state index contributed by atoms with van der Waals surface area (Å²) in [6.45, 7) is 7.68. The van der Waals surface area contributed by atoms with Gasteiger partial charge in [-0.2, -0.15) is 0 Å². The van der Waals surface area contributed by atoms with Gasteiger partial charge in [0.1, 0.15) is 12.4 Å². The minimum absolute atomic E-state index is 0.301. The van der Waals surface area contributed by atoms with Crippen LogP contribution in [0.5, 0.6) is 5.75 Å². The second-order valence-electron chi connectivity index (χ2n) is 9.89. The third kappa shape index (κ3) is 6.85. The first-order chi connectivity index (χ1) is 20.8. The fourth-order valence-electron chi connectivity index (χ4n) is 4.82. The number of hydrogen-bond donors (Lipinski definition) is 3. The van der Waals surface area contributed by atoms with Crippen molar-refractivity contribution in [1.82, 2.24) is 19.4 Å². The van der Waals surface area contributed by atoms with Crippen LogP contribution in [0.3, 0.4) is 0 Å². The molecule has 0 fully saturated rings. The van der Waals surface area contributed by atoms with Gasteiger partial charge in [0.25, 0.3) is 5.56 Å². The molecule has 11 heteroatoms. The zero-order valence-corrected chi connectivity index (χ0v) is 25.6. The van der Waals surface area contributed by atoms with Crippen LogP contribution in [0.15, 0.2) is 71.5 Å². The number of pyridine rings is 1. The lowest BCUT2D eigenvalue weighted by Crippen LogP contribution is -2.27. The molecule has 0 aliphatic heterocycles. The molecule has 43 heavy (non-hydrogen) atoms. The smallest absolute Gasteiger partial charge is 0.258 e. The van der Waals surface area contributed by atoms with Crippen LogP contribution in [0.1, 0.15) is 19.5 Å². The number of halogens is 2. The van der Waals surface area contributed by atoms with E-state index in [2.05, 4.69) is 39.3 Å². The minimum Gasteiger partial charge on any atom is -0.492 e. The average Bonchev–Trinajstić information content (AvgIpc) is 3.31. The molecule has 0 aliphatic carbocycles. The Morgan fingerprint density at radius 1 is 1.07 bits per heavy atom. The van der Waals surface area contributed by atoms with E-state index < -0.39 is 0 Å². The Morgan fingerprint density at radius 3 is 2.49 bits per heavy atom. The summed E-state index contributed by atoms with van der Waals surface area (Å²) in [6.07, 6.45) is 2.95. The van der Waals surface area contributed by atoms with Crippen molar-refractivity contribution in [3.63, 3.8) is 0 Å². The lowest BCUT2D eigenvalue weighted by atomic mass is 10.1. The summed E-state index contributed by atoms with van der Waals surface area (Å²) in [5, 5.41) is 8.10. The van der Waals surface area contributed by atoms with Crippen LogP contribution < -0.4 is 20.9 Å². The fourth-order valence-corrected chi connectivity index (χ4v) is 5.32. The van der Waals surface area contributed by atoms with Gasteiger partial charge in [0.05, 0.1) is 32.2 Å². The highest BCUT2D eigenvalue weighted by molar-refractivity contribution is 6.39. The minimum atomic E-state index is -0.327. The van der Waals surface area contributed by atoms with E-state index in [1.807, 2.05) is 37.4 Å². The van der Waals surface area contributed by atoms with Gasteiger partial charge in [-0.1, -0.05) is 49.2 Å². The molecule has 3 N–H and O–H groups in total. The van der Waals surface area contributed by atoms with E-state index in [1.165, 1.54) is 6.08 Å². The van der Waals surface area contributed by atoms with Crippen molar-refractivity contribution in [3.05, 3.63) is 92.8 Å². The van der Waals surface area contributed by atoms with E-state index in [0.29, 0.717) is 61.5 Å². The molecule has 9 nitrogen and oxygen atoms in total. The van der Waals surface area contributed by atoms with Gasteiger partial charge in [-0.25, -0.2) is 4.98 Å². The molecule has 1 amide bonds. The molecule has 0 atom stereocenters. The Morgan fingerprint density at radius 2 is 1.79 bits per heavy atom. The summed E-state index contributed by atoms with van der Waals surface area (Å²) in [4.78, 5) is 35.6. The maximum atomic E-state index is 13.2. The zero-order chi connectivity index (χ0) is 30.5. The Bertz CT molecular complexity index is 1840. The first kappa shape index (κ1) is 30.2. The van der Waals surface area contributed by atoms with Crippen molar-refractivity contribution >= 4 is 74.3 Å². The molecule has 3 aromatic carbocycles. The summed E-state index contributed by atoms with van der Waals surface area (Å²) in [5.41, 5.74) is 2.65. The van der Waals surface area contributed by atoms with Gasteiger partial charge in [0, 0.05) is 31.0 Å². The number of H-pyrrole nitrogens is 1. The molecular weight excluding hydrogens is 587 g/mol. The number of hydrogen-bond acceptors (Lipinski definition) is 6. The third-order valence-corrected chi connectivity index (χ3v) is 7.80. The number of benzene rings is 3. The number of carbonyl (C=O) groups is 1. The maximum absolute atomic E-state index is 13.2. The quantitative estimate of drug-likeness (QED) is 0.140. The predicted molar refractivity (Wildman–Crippen MR) is 176 cm³/mol. The lowest BCUT2D eigenvalue weighted by molar-refractivity contribution is -0.111. The van der Waals surface area contributed by atoms with E-state index in [1.54, 1.807) is 41.0 Å². The number of aromatic nitrogens is 3. The molecule has 0 spiro atoms. The standard InChI is InChI=1S/C32H32Cl2N6O3/c1-4-40(5-2)17-18-43-23-13-10-21(11-14-23)35-27(41)16-12-22-19-20-9-15-26-30(28(20)31(42)36-22)39(3)32(37-26)38-29-24(33)7-6-8-25(29)34/h6-16,19H,4-5,17-18H2,1-3H3,(H,35,41)(H,36,42)(H,37,38). The number of carbonyl (C=O) groups excluding carboxylic acids is 1. The van der Waals surface area contributed by atoms with Crippen LogP contribution in [-0.2, 0) is 11.8 Å². The van der Waals surface area contributed by atoms with Gasteiger partial charge in [-0.05, 0) is 73.1 Å². The van der Waals surface area contributed by atoms with Gasteiger partial charge in [-0.15, -0.1) is 0 Å². The van der Waals surface area contributed by atoms with Crippen molar-refractivity contribution in [3.8, 4) is 5.75 Å². The Hall–Kier alpha value is -4.31. The third-order valence-electron chi connectivity index (χ3n) is 7.17. The Labute approximate surface area is 259 Å². The number of fused-ring (bicyclic) bond motifs is 3. The first-order valence-electron chi connectivity index (χ1n) is 13.9. The first-order valence-corrected chi connectivity index (χ1v) is 14.7. The van der Waals surface area contributed by atoms with E-state index >= 15 is 0 Å². The molecule has 2 heterocycles. The summed E-state index contributed by atoms with van der Waals surface area (Å²) >= 11 is 12.7. The largest absolute Gasteiger partial charge is 0.492 e. The van der Waals surface area contributed by atoms with E-state index in [0.717, 1.165) is 25.4 Å². The van der Waals surface area contributed by atoms with Gasteiger partial charge in [0.15, 0.2) is 0 Å². The number of anilines is 3. The number of likely N-dealkylation sites (N-methyl/N-ethyl adjacent to an activating group) is 1. The summed E-state index contributed by atoms with van der Waals surface area (Å²) < 4.78 is 7.59. The Kier molecular flexibility index (Phi) is 9.35. The van der Waals surface area contributed by atoms with Crippen molar-refractivity contribution in [2.75, 3.05) is 36.9 Å². The number of rotatable bonds is 11. The van der Waals surface area contributed by atoms with E-state index in [-0.39, 0.29) is 11.5 Å². The van der Waals surface area contributed by atoms with Crippen LogP contribution in [-0.4, -0.2) is 51.6 Å². The maximum Gasteiger partial charge on any atom is 0.258 e. The number of aryl methyl sites for hydroxylation is 1. The monoisotopic (exact) mass is 618 g/mol. The fraction of sp³-hybridized carbons (Fsp3) is 0.219. The summed E-state index contributed by atoms with van der Waals surface area (Å²) in [6, 6.07) is 17.9. The number of nitrogens with zero attached hydrogens (tertiary/aromatic N) is 3. The SMILES string of the molecule is CCN(CC)CCOc1ccc(NC(=O)C=Cc2cc3ccc4nc(Nc5c(Cl)cccc5Cl)n(C)c4c3c(=O)[nH]2)cc1. The molecular formula is C32H32Cl2N6O3. The number of para-hydroxylation sites is 1. The molecule has 5 rings (SSSR count). The topological polar surface area (TPSA) is 104 Å². The number of ether oxygens (including phenoxy) is 1. The van der Waals surface area contributed by atoms with Crippen molar-refractivity contribution < 1.29 is 9.53 Å². The molecule has 5 aromatic rings. The van der Waals surface area contributed by atoms with Gasteiger partial charge in [0.2, 0.25) is 11.9 Å². The number of nitrogens with one attached hydrogen (secondary N) is 3. The van der Waals surface area contributed by atoms with Crippen molar-refractivity contribution in [2.45, 2.75) is 13.8 Å². The summed E-state index contributed by atoms with van der Waals surface area (Å²) in [5.74, 6) is 0.900. The molecule has 2 aromatic heterocycles. The van der Waals surface area contributed by atoms with Crippen LogP contribution in [0.2, 0.25) is 10.0 Å². The summed E-state index contributed by atoms with van der Waals surface area (Å²) in [7, 11) is 1.81. The molecule has 0 unspecified atom stereocenters. The highest BCUT2D eigenvalue weighted by Crippen LogP contribution is 2.34. The van der Waals surface area contributed by atoms with E-state index in [4.69, 9.17) is 27.9 Å². The average molecular weight is 620 g/mol. The van der Waals surface area contributed by atoms with Crippen LogP contribution in [0.25, 0.3) is 27.9 Å². The van der Waals surface area contributed by atoms with Crippen molar-refractivity contribution in [1.29, 1.82) is 0 Å². The molecule has 0 saturated heterocycles. The molecule has 0 radical (unpaired) electrons. The molecule has 0 bridgehead atoms. The molecule has 0 saturated carbocycles. The van der Waals surface area contributed by atoms with Gasteiger partial charge < -0.3 is 29.8 Å². The highest BCUT2D eigenvalue weighted by Gasteiger charge is 2.16. The predicted octanol–water partition coefficient (Wildman–Crippen LogP) is 6.84. The van der Waals surface area contributed by atoms with E-state index in [9.17, 15) is 9.59 Å². The van der Waals surface area contributed by atoms with Gasteiger partial charge in [-0.3, -0.25) is 9.59 Å². The zero-order valence-electron chi connectivity index (χ0n) is 24.1. The second kappa shape index (κ2) is 13.3. The van der Waals surface area contributed by atoms with Crippen LogP contribution in [0.4, 0.5) is 17.3 Å². The highest BCUT2D eigenvalue weighted by atomic mass is 35.5. The number of imidazole rings is 1. The van der Waals surface area contributed by atoms with Crippen molar-refractivity contribution in [2.24, 2.45) is 7.05 Å². The lowest BCUT2D eigenvalue weighted by Gasteiger charge is -2.18. The molecule has 222 valence electrons. The van der Waals surface area contributed by atoms with Crippen LogP contribution >= 0.6 is 23.2 Å². The second-order valence-corrected chi connectivity index (χ2v) is 10.7. The molecule has 0 aliphatic rings.